The number of aromatic carboxylic acids is 1. The highest BCUT2D eigenvalue weighted by Crippen LogP contribution is 2.34. The van der Waals surface area contributed by atoms with E-state index in [1.165, 1.54) is 6.07 Å². The van der Waals surface area contributed by atoms with E-state index in [1.54, 1.807) is 6.07 Å². The number of carboxylic acids is 1. The molecule has 0 bridgehead atoms. The fourth-order valence-electron chi connectivity index (χ4n) is 1.87. The third-order valence-corrected chi connectivity index (χ3v) is 2.52. The largest absolute Gasteiger partial charge is 0.545 e. The zero-order chi connectivity index (χ0) is 11.7. The zero-order valence-electron chi connectivity index (χ0n) is 9.28. The van der Waals surface area contributed by atoms with Crippen molar-refractivity contribution in [1.29, 1.82) is 0 Å². The highest BCUT2D eigenvalue weighted by atomic mass is 16.5. The van der Waals surface area contributed by atoms with Gasteiger partial charge in [-0.2, -0.15) is 0 Å². The molecule has 0 saturated heterocycles. The van der Waals surface area contributed by atoms with Gasteiger partial charge < -0.3 is 19.4 Å². The van der Waals surface area contributed by atoms with Gasteiger partial charge in [-0.3, -0.25) is 0 Å². The maximum atomic E-state index is 10.9. The summed E-state index contributed by atoms with van der Waals surface area (Å²) in [5.41, 5.74) is 1.04. The molecule has 4 nitrogen and oxygen atoms in total. The summed E-state index contributed by atoms with van der Waals surface area (Å²) in [4.78, 5) is 10.9. The van der Waals surface area contributed by atoms with Crippen molar-refractivity contribution >= 4 is 5.97 Å². The van der Waals surface area contributed by atoms with Crippen molar-refractivity contribution in [2.75, 3.05) is 6.61 Å². The van der Waals surface area contributed by atoms with Crippen molar-refractivity contribution in [1.82, 2.24) is 0 Å². The number of carboxylic acid groups (broad SMARTS) is 1. The fourth-order valence-corrected chi connectivity index (χ4v) is 1.87. The molecule has 1 heterocycles. The van der Waals surface area contributed by atoms with Crippen LogP contribution in [0.4, 0.5) is 0 Å². The molecule has 0 saturated carbocycles. The molecule has 1 aromatic carbocycles. The van der Waals surface area contributed by atoms with Crippen molar-refractivity contribution in [2.24, 2.45) is 0 Å². The van der Waals surface area contributed by atoms with Crippen LogP contribution in [-0.2, 0) is 6.42 Å². The Hall–Kier alpha value is -1.71. The first-order chi connectivity index (χ1) is 7.61. The summed E-state index contributed by atoms with van der Waals surface area (Å²) >= 11 is 0. The number of benzene rings is 1. The zero-order valence-corrected chi connectivity index (χ0v) is 9.28. The summed E-state index contributed by atoms with van der Waals surface area (Å²) in [6, 6.07) is 3.21. The normalized spacial score (nSPS) is 17.8. The molecule has 1 aliphatic heterocycles. The molecule has 16 heavy (non-hydrogen) atoms. The van der Waals surface area contributed by atoms with Crippen molar-refractivity contribution in [3.05, 3.63) is 23.3 Å². The molecule has 4 heteroatoms. The van der Waals surface area contributed by atoms with Crippen LogP contribution in [0.2, 0.25) is 0 Å². The Bertz CT molecular complexity index is 425. The Morgan fingerprint density at radius 3 is 3.00 bits per heavy atom. The van der Waals surface area contributed by atoms with Gasteiger partial charge in [-0.1, -0.05) is 0 Å². The van der Waals surface area contributed by atoms with E-state index in [2.05, 4.69) is 0 Å². The third-order valence-electron chi connectivity index (χ3n) is 2.52. The van der Waals surface area contributed by atoms with Gasteiger partial charge in [-0.25, -0.2) is 0 Å². The van der Waals surface area contributed by atoms with E-state index in [0.29, 0.717) is 18.1 Å². The number of fused-ring (bicyclic) bond motifs is 1. The van der Waals surface area contributed by atoms with Gasteiger partial charge in [-0.05, 0) is 26.0 Å². The topological polar surface area (TPSA) is 58.6 Å². The van der Waals surface area contributed by atoms with E-state index in [4.69, 9.17) is 9.47 Å². The second kappa shape index (κ2) is 4.04. The van der Waals surface area contributed by atoms with Crippen LogP contribution >= 0.6 is 0 Å². The first-order valence-electron chi connectivity index (χ1n) is 5.29. The minimum atomic E-state index is -1.24. The van der Waals surface area contributed by atoms with Crippen molar-refractivity contribution < 1.29 is 19.4 Å². The molecule has 1 atom stereocenters. The lowest BCUT2D eigenvalue weighted by Crippen LogP contribution is -2.23. The van der Waals surface area contributed by atoms with Gasteiger partial charge in [0.05, 0.1) is 12.6 Å². The predicted octanol–water partition coefficient (Wildman–Crippen LogP) is 0.772. The molecule has 0 aliphatic carbocycles. The number of hydrogen-bond acceptors (Lipinski definition) is 4. The molecule has 0 fully saturated rings. The standard InChI is InChI=1S/C12H14O4/c1-3-15-11-5-8-4-7(2)16-10(8)6-9(11)12(13)14/h5-7H,3-4H2,1-2H3,(H,13,14)/p-1/t7-/m0/s1. The Balaban J connectivity index is 2.45. The second-order valence-corrected chi connectivity index (χ2v) is 3.81. The number of ether oxygens (including phenoxy) is 2. The van der Waals surface area contributed by atoms with Crippen LogP contribution in [0.5, 0.6) is 11.5 Å². The van der Waals surface area contributed by atoms with Gasteiger partial charge in [0.25, 0.3) is 0 Å². The number of carbonyl (C=O) groups is 1. The maximum Gasteiger partial charge on any atom is 0.128 e. The van der Waals surface area contributed by atoms with E-state index in [9.17, 15) is 9.90 Å². The van der Waals surface area contributed by atoms with E-state index >= 15 is 0 Å². The smallest absolute Gasteiger partial charge is 0.128 e. The van der Waals surface area contributed by atoms with Crippen LogP contribution in [0.1, 0.15) is 29.8 Å². The molecule has 0 amide bonds. The third kappa shape index (κ3) is 1.83. The average molecular weight is 221 g/mol. The van der Waals surface area contributed by atoms with Crippen molar-refractivity contribution in [3.8, 4) is 11.5 Å². The van der Waals surface area contributed by atoms with Gasteiger partial charge in [0.1, 0.15) is 17.6 Å². The molecule has 0 unspecified atom stereocenters. The summed E-state index contributed by atoms with van der Waals surface area (Å²) in [7, 11) is 0. The molecule has 0 N–H and O–H groups in total. The van der Waals surface area contributed by atoms with Gasteiger partial charge >= 0.3 is 0 Å². The Labute approximate surface area is 93.8 Å². The second-order valence-electron chi connectivity index (χ2n) is 3.81. The Morgan fingerprint density at radius 1 is 1.62 bits per heavy atom. The van der Waals surface area contributed by atoms with Crippen LogP contribution in [0, 0.1) is 0 Å². The minimum Gasteiger partial charge on any atom is -0.545 e. The van der Waals surface area contributed by atoms with Gasteiger partial charge in [-0.15, -0.1) is 0 Å². The molecule has 1 aromatic rings. The van der Waals surface area contributed by atoms with Crippen molar-refractivity contribution in [3.63, 3.8) is 0 Å². The number of hydrogen-bond donors (Lipinski definition) is 0. The fraction of sp³-hybridized carbons (Fsp3) is 0.417. The lowest BCUT2D eigenvalue weighted by molar-refractivity contribution is -0.255. The monoisotopic (exact) mass is 221 g/mol. The SMILES string of the molecule is CCOc1cc2c(cc1C(=O)[O-])O[C@@H](C)C2. The Kier molecular flexibility index (Phi) is 2.73. The average Bonchev–Trinajstić information content (AvgIpc) is 2.56. The molecule has 86 valence electrons. The summed E-state index contributed by atoms with van der Waals surface area (Å²) < 4.78 is 10.8. The quantitative estimate of drug-likeness (QED) is 0.756. The van der Waals surface area contributed by atoms with Crippen LogP contribution in [0.15, 0.2) is 12.1 Å². The molecular formula is C12H13O4-. The molecule has 1 aliphatic rings. The summed E-state index contributed by atoms with van der Waals surface area (Å²) in [6.07, 6.45) is 0.865. The summed E-state index contributed by atoms with van der Waals surface area (Å²) in [5.74, 6) is -0.261. The predicted molar refractivity (Wildman–Crippen MR) is 55.7 cm³/mol. The first-order valence-corrected chi connectivity index (χ1v) is 5.29. The maximum absolute atomic E-state index is 10.9. The first kappa shape index (κ1) is 10.8. The Morgan fingerprint density at radius 2 is 2.38 bits per heavy atom. The van der Waals surface area contributed by atoms with Gasteiger partial charge in [0.15, 0.2) is 0 Å². The van der Waals surface area contributed by atoms with Crippen LogP contribution in [0.25, 0.3) is 0 Å². The molecule has 0 spiro atoms. The highest BCUT2D eigenvalue weighted by molar-refractivity contribution is 5.90. The van der Waals surface area contributed by atoms with Crippen LogP contribution in [0.3, 0.4) is 0 Å². The number of rotatable bonds is 3. The minimum absolute atomic E-state index is 0.0506. The van der Waals surface area contributed by atoms with E-state index < -0.39 is 5.97 Å². The van der Waals surface area contributed by atoms with Gasteiger partial charge in [0.2, 0.25) is 0 Å². The van der Waals surface area contributed by atoms with Crippen molar-refractivity contribution in [2.45, 2.75) is 26.4 Å². The van der Waals surface area contributed by atoms with E-state index in [-0.39, 0.29) is 11.7 Å². The van der Waals surface area contributed by atoms with E-state index in [0.717, 1.165) is 12.0 Å². The lowest BCUT2D eigenvalue weighted by Gasteiger charge is -2.12. The highest BCUT2D eigenvalue weighted by Gasteiger charge is 2.21. The van der Waals surface area contributed by atoms with E-state index in [1.807, 2.05) is 13.8 Å². The summed E-state index contributed by atoms with van der Waals surface area (Å²) in [5, 5.41) is 10.9. The summed E-state index contributed by atoms with van der Waals surface area (Å²) in [6.45, 7) is 4.18. The molecular weight excluding hydrogens is 208 g/mol. The van der Waals surface area contributed by atoms with Gasteiger partial charge in [0, 0.05) is 17.5 Å². The van der Waals surface area contributed by atoms with Crippen LogP contribution < -0.4 is 14.6 Å². The molecule has 2 rings (SSSR count). The number of carbonyl (C=O) groups excluding carboxylic acids is 1. The lowest BCUT2D eigenvalue weighted by atomic mass is 10.1. The molecule has 0 aromatic heterocycles. The van der Waals surface area contributed by atoms with Crippen LogP contribution in [-0.4, -0.2) is 18.7 Å². The molecule has 0 radical (unpaired) electrons.